The fourth-order valence-corrected chi connectivity index (χ4v) is 2.79. The second-order valence-corrected chi connectivity index (χ2v) is 5.38. The first-order valence-electron chi connectivity index (χ1n) is 7.04. The van der Waals surface area contributed by atoms with Gasteiger partial charge in [-0.05, 0) is 31.5 Å². The van der Waals surface area contributed by atoms with Crippen LogP contribution >= 0.6 is 0 Å². The summed E-state index contributed by atoms with van der Waals surface area (Å²) in [6, 6.07) is 3.52. The monoisotopic (exact) mass is 276 g/mol. The number of hydrogen-bond acceptors (Lipinski definition) is 5. The maximum Gasteiger partial charge on any atom is 0.417 e. The molecule has 20 heavy (non-hydrogen) atoms. The fourth-order valence-electron chi connectivity index (χ4n) is 2.79. The zero-order chi connectivity index (χ0) is 14.1. The molecule has 6 heteroatoms. The smallest absolute Gasteiger partial charge is 0.408 e. The summed E-state index contributed by atoms with van der Waals surface area (Å²) in [5.74, 6) is 0.194. The summed E-state index contributed by atoms with van der Waals surface area (Å²) in [5.41, 5.74) is 8.61. The highest BCUT2D eigenvalue weighted by Crippen LogP contribution is 2.25. The third-order valence-electron chi connectivity index (χ3n) is 3.99. The Morgan fingerprint density at radius 2 is 2.40 bits per heavy atom. The van der Waals surface area contributed by atoms with Crippen LogP contribution in [0.5, 0.6) is 0 Å². The molecular formula is C14H20N4O2. The average molecular weight is 276 g/mol. The van der Waals surface area contributed by atoms with E-state index < -0.39 is 5.76 Å². The molecule has 1 atom stereocenters. The summed E-state index contributed by atoms with van der Waals surface area (Å²) in [6.45, 7) is 6.51. The van der Waals surface area contributed by atoms with Gasteiger partial charge in [0, 0.05) is 19.2 Å². The highest BCUT2D eigenvalue weighted by Gasteiger charge is 2.21. The molecule has 1 fully saturated rings. The van der Waals surface area contributed by atoms with E-state index in [9.17, 15) is 4.79 Å². The molecule has 0 aliphatic carbocycles. The number of H-pyrrole nitrogens is 1. The Morgan fingerprint density at radius 1 is 1.55 bits per heavy atom. The number of hydrogen-bond donors (Lipinski definition) is 3. The Balaban J connectivity index is 1.71. The number of aromatic amines is 1. The Labute approximate surface area is 116 Å². The molecule has 4 N–H and O–H groups in total. The second kappa shape index (κ2) is 5.20. The van der Waals surface area contributed by atoms with Gasteiger partial charge in [0.25, 0.3) is 0 Å². The minimum atomic E-state index is -0.453. The van der Waals surface area contributed by atoms with Crippen molar-refractivity contribution in [3.05, 3.63) is 22.7 Å². The molecular weight excluding hydrogens is 256 g/mol. The molecule has 0 spiro atoms. The molecule has 6 nitrogen and oxygen atoms in total. The summed E-state index contributed by atoms with van der Waals surface area (Å²) in [6.07, 6.45) is 1.21. The van der Waals surface area contributed by atoms with E-state index in [0.717, 1.165) is 25.3 Å². The Kier molecular flexibility index (Phi) is 3.40. The number of nitrogens with zero attached hydrogens (tertiary/aromatic N) is 1. The van der Waals surface area contributed by atoms with Crippen molar-refractivity contribution in [2.75, 3.05) is 37.2 Å². The maximum atomic E-state index is 11.2. The number of aromatic nitrogens is 1. The van der Waals surface area contributed by atoms with Crippen LogP contribution in [0.2, 0.25) is 0 Å². The fraction of sp³-hybridized carbons (Fsp3) is 0.500. The summed E-state index contributed by atoms with van der Waals surface area (Å²) in [7, 11) is 0. The van der Waals surface area contributed by atoms with Crippen LogP contribution in [-0.2, 0) is 0 Å². The number of anilines is 2. The van der Waals surface area contributed by atoms with E-state index >= 15 is 0 Å². The van der Waals surface area contributed by atoms with Crippen LogP contribution in [0.1, 0.15) is 13.3 Å². The van der Waals surface area contributed by atoms with E-state index in [0.29, 0.717) is 22.7 Å². The molecule has 2 aromatic rings. The number of likely N-dealkylation sites (tertiary alicyclic amines) is 1. The quantitative estimate of drug-likeness (QED) is 0.736. The van der Waals surface area contributed by atoms with E-state index in [4.69, 9.17) is 10.2 Å². The molecule has 3 rings (SSSR count). The number of rotatable bonds is 4. The number of fused-ring (bicyclic) bond motifs is 1. The molecule has 1 aliphatic rings. The van der Waals surface area contributed by atoms with Crippen LogP contribution < -0.4 is 16.8 Å². The van der Waals surface area contributed by atoms with Crippen LogP contribution in [0.25, 0.3) is 11.1 Å². The lowest BCUT2D eigenvalue weighted by molar-refractivity contribution is 0.345. The van der Waals surface area contributed by atoms with E-state index in [1.807, 2.05) is 6.07 Å². The van der Waals surface area contributed by atoms with Gasteiger partial charge in [-0.15, -0.1) is 0 Å². The Hall–Kier alpha value is -1.95. The van der Waals surface area contributed by atoms with Crippen LogP contribution in [0.3, 0.4) is 0 Å². The van der Waals surface area contributed by atoms with E-state index in [1.54, 1.807) is 6.07 Å². The number of nitrogens with two attached hydrogens (primary N) is 1. The molecule has 108 valence electrons. The van der Waals surface area contributed by atoms with Gasteiger partial charge in [-0.3, -0.25) is 4.98 Å². The topological polar surface area (TPSA) is 87.3 Å². The summed E-state index contributed by atoms with van der Waals surface area (Å²) in [5, 5.41) is 3.39. The van der Waals surface area contributed by atoms with E-state index in [2.05, 4.69) is 22.1 Å². The molecule has 1 aromatic carbocycles. The third-order valence-corrected chi connectivity index (χ3v) is 3.99. The zero-order valence-electron chi connectivity index (χ0n) is 11.6. The van der Waals surface area contributed by atoms with E-state index in [-0.39, 0.29) is 0 Å². The lowest BCUT2D eigenvalue weighted by Crippen LogP contribution is -2.22. The van der Waals surface area contributed by atoms with Crippen molar-refractivity contribution in [1.82, 2.24) is 9.88 Å². The van der Waals surface area contributed by atoms with Gasteiger partial charge >= 0.3 is 5.76 Å². The van der Waals surface area contributed by atoms with Gasteiger partial charge in [-0.25, -0.2) is 4.79 Å². The minimum Gasteiger partial charge on any atom is -0.408 e. The number of oxazole rings is 1. The summed E-state index contributed by atoms with van der Waals surface area (Å²) < 4.78 is 4.98. The van der Waals surface area contributed by atoms with Crippen molar-refractivity contribution < 1.29 is 4.42 Å². The molecule has 1 aliphatic heterocycles. The van der Waals surface area contributed by atoms with Crippen molar-refractivity contribution in [2.24, 2.45) is 5.92 Å². The number of nitrogen functional groups attached to an aromatic ring is 1. The molecule has 0 amide bonds. The molecule has 1 saturated heterocycles. The zero-order valence-corrected chi connectivity index (χ0v) is 11.6. The molecule has 0 saturated carbocycles. The lowest BCUT2D eigenvalue weighted by Gasteiger charge is -2.15. The van der Waals surface area contributed by atoms with Gasteiger partial charge in [0.1, 0.15) is 0 Å². The SMILES string of the molecule is CCN1CCC(CNc2cc3[nH]c(=O)oc3cc2N)C1. The van der Waals surface area contributed by atoms with E-state index in [1.165, 1.54) is 13.0 Å². The number of nitrogens with one attached hydrogen (secondary N) is 2. The first kappa shape index (κ1) is 13.1. The molecule has 1 aromatic heterocycles. The van der Waals surface area contributed by atoms with Gasteiger partial charge in [-0.2, -0.15) is 0 Å². The molecule has 0 radical (unpaired) electrons. The van der Waals surface area contributed by atoms with Gasteiger partial charge in [0.05, 0.1) is 16.9 Å². The predicted octanol–water partition coefficient (Wildman–Crippen LogP) is 1.46. The Bertz CT molecular complexity index is 661. The predicted molar refractivity (Wildman–Crippen MR) is 80.0 cm³/mol. The third kappa shape index (κ3) is 2.51. The van der Waals surface area contributed by atoms with Gasteiger partial charge in [0.15, 0.2) is 5.58 Å². The average Bonchev–Trinajstić information content (AvgIpc) is 3.01. The van der Waals surface area contributed by atoms with Crippen LogP contribution in [0.15, 0.2) is 21.3 Å². The van der Waals surface area contributed by atoms with Crippen LogP contribution in [0, 0.1) is 5.92 Å². The maximum absolute atomic E-state index is 11.2. The van der Waals surface area contributed by atoms with Gasteiger partial charge < -0.3 is 20.4 Å². The van der Waals surface area contributed by atoms with Crippen molar-refractivity contribution in [2.45, 2.75) is 13.3 Å². The molecule has 1 unspecified atom stereocenters. The molecule has 2 heterocycles. The highest BCUT2D eigenvalue weighted by atomic mass is 16.4. The Morgan fingerprint density at radius 3 is 3.15 bits per heavy atom. The summed E-state index contributed by atoms with van der Waals surface area (Å²) in [4.78, 5) is 16.3. The van der Waals surface area contributed by atoms with Crippen molar-refractivity contribution in [1.29, 1.82) is 0 Å². The van der Waals surface area contributed by atoms with Crippen molar-refractivity contribution in [3.8, 4) is 0 Å². The van der Waals surface area contributed by atoms with Gasteiger partial charge in [-0.1, -0.05) is 6.92 Å². The highest BCUT2D eigenvalue weighted by molar-refractivity contribution is 5.85. The first-order chi connectivity index (χ1) is 9.65. The standard InChI is InChI=1S/C14H20N4O2/c1-2-18-4-3-9(8-18)7-16-11-6-12-13(5-10(11)15)20-14(19)17-12/h5-6,9,16H,2-4,7-8,15H2,1H3,(H,17,19). The number of benzene rings is 1. The summed E-state index contributed by atoms with van der Waals surface area (Å²) >= 11 is 0. The largest absolute Gasteiger partial charge is 0.417 e. The van der Waals surface area contributed by atoms with Crippen LogP contribution in [0.4, 0.5) is 11.4 Å². The first-order valence-corrected chi connectivity index (χ1v) is 7.04. The molecule has 0 bridgehead atoms. The van der Waals surface area contributed by atoms with Crippen molar-refractivity contribution >= 4 is 22.5 Å². The normalized spacial score (nSPS) is 19.8. The van der Waals surface area contributed by atoms with Gasteiger partial charge in [0.2, 0.25) is 0 Å². The minimum absolute atomic E-state index is 0.453. The second-order valence-electron chi connectivity index (χ2n) is 5.38. The van der Waals surface area contributed by atoms with Crippen LogP contribution in [-0.4, -0.2) is 36.1 Å². The lowest BCUT2D eigenvalue weighted by atomic mass is 10.1. The van der Waals surface area contributed by atoms with Crippen molar-refractivity contribution in [3.63, 3.8) is 0 Å².